The summed E-state index contributed by atoms with van der Waals surface area (Å²) < 4.78 is 5.11. The van der Waals surface area contributed by atoms with Crippen LogP contribution in [-0.4, -0.2) is 30.7 Å². The molecule has 0 saturated carbocycles. The van der Waals surface area contributed by atoms with Crippen molar-refractivity contribution >= 4 is 17.7 Å². The molecule has 0 heterocycles. The monoisotopic (exact) mass is 321 g/mol. The fraction of sp³-hybridized carbons (Fsp3) is 0.529. The number of ether oxygens (including phenoxy) is 1. The number of rotatable bonds is 7. The maximum Gasteiger partial charge on any atom is 0.407 e. The summed E-state index contributed by atoms with van der Waals surface area (Å²) in [5.41, 5.74) is 6.95. The van der Waals surface area contributed by atoms with Crippen molar-refractivity contribution in [1.82, 2.24) is 10.6 Å². The summed E-state index contributed by atoms with van der Waals surface area (Å²) in [5.74, 6) is -0.00954. The van der Waals surface area contributed by atoms with Crippen LogP contribution >= 0.6 is 0 Å². The zero-order chi connectivity index (χ0) is 17.3. The lowest BCUT2D eigenvalue weighted by atomic mass is 10.1. The normalized spacial score (nSPS) is 10.9. The molecule has 0 spiro atoms. The highest BCUT2D eigenvalue weighted by atomic mass is 16.6. The highest BCUT2D eigenvalue weighted by molar-refractivity contribution is 5.76. The van der Waals surface area contributed by atoms with Gasteiger partial charge in [-0.25, -0.2) is 4.79 Å². The Hall–Kier alpha value is -2.24. The first-order chi connectivity index (χ1) is 10.8. The molecule has 6 heteroatoms. The Morgan fingerprint density at radius 1 is 1.17 bits per heavy atom. The van der Waals surface area contributed by atoms with Gasteiger partial charge >= 0.3 is 6.09 Å². The summed E-state index contributed by atoms with van der Waals surface area (Å²) in [6.07, 6.45) is 1.30. The van der Waals surface area contributed by atoms with Gasteiger partial charge in [0.1, 0.15) is 5.60 Å². The van der Waals surface area contributed by atoms with Crippen LogP contribution in [0, 0.1) is 0 Å². The van der Waals surface area contributed by atoms with Crippen molar-refractivity contribution in [2.75, 3.05) is 18.8 Å². The highest BCUT2D eigenvalue weighted by Gasteiger charge is 2.15. The first-order valence-corrected chi connectivity index (χ1v) is 7.84. The van der Waals surface area contributed by atoms with E-state index in [1.165, 1.54) is 0 Å². The SMILES string of the molecule is CC(C)(C)OC(=O)NCCCNC(=O)CCc1cccc(N)c1. The van der Waals surface area contributed by atoms with Crippen molar-refractivity contribution < 1.29 is 14.3 Å². The Kier molecular flexibility index (Phi) is 7.38. The Morgan fingerprint density at radius 2 is 1.87 bits per heavy atom. The van der Waals surface area contributed by atoms with Gasteiger partial charge in [0.15, 0.2) is 0 Å². The Labute approximate surface area is 137 Å². The molecule has 0 aromatic heterocycles. The van der Waals surface area contributed by atoms with Crippen LogP contribution in [0.3, 0.4) is 0 Å². The molecule has 2 amide bonds. The number of alkyl carbamates (subject to hydrolysis) is 1. The second-order valence-corrected chi connectivity index (χ2v) is 6.38. The molecule has 23 heavy (non-hydrogen) atoms. The molecule has 0 aliphatic heterocycles. The number of nitrogens with one attached hydrogen (secondary N) is 2. The van der Waals surface area contributed by atoms with E-state index in [-0.39, 0.29) is 5.91 Å². The predicted octanol–water partition coefficient (Wildman–Crippen LogP) is 2.23. The number of anilines is 1. The molecule has 4 N–H and O–H groups in total. The van der Waals surface area contributed by atoms with Crippen LogP contribution in [-0.2, 0) is 16.0 Å². The van der Waals surface area contributed by atoms with Crippen LogP contribution in [0.25, 0.3) is 0 Å². The molecule has 1 aromatic carbocycles. The highest BCUT2D eigenvalue weighted by Crippen LogP contribution is 2.08. The molecule has 0 radical (unpaired) electrons. The van der Waals surface area contributed by atoms with Gasteiger partial charge in [0, 0.05) is 25.2 Å². The van der Waals surface area contributed by atoms with Gasteiger partial charge in [0.25, 0.3) is 0 Å². The van der Waals surface area contributed by atoms with E-state index in [9.17, 15) is 9.59 Å². The largest absolute Gasteiger partial charge is 0.444 e. The number of benzene rings is 1. The van der Waals surface area contributed by atoms with Crippen LogP contribution in [0.5, 0.6) is 0 Å². The van der Waals surface area contributed by atoms with Gasteiger partial charge in [-0.3, -0.25) is 4.79 Å². The number of carbonyl (C=O) groups is 2. The standard InChI is InChI=1S/C17H27N3O3/c1-17(2,3)23-16(22)20-11-5-10-19-15(21)9-8-13-6-4-7-14(18)12-13/h4,6-7,12H,5,8-11,18H2,1-3H3,(H,19,21)(H,20,22). The summed E-state index contributed by atoms with van der Waals surface area (Å²) >= 11 is 0. The fourth-order valence-electron chi connectivity index (χ4n) is 1.92. The second-order valence-electron chi connectivity index (χ2n) is 6.38. The third-order valence-electron chi connectivity index (χ3n) is 2.94. The van der Waals surface area contributed by atoms with Gasteiger partial charge in [-0.15, -0.1) is 0 Å². The summed E-state index contributed by atoms with van der Waals surface area (Å²) in [6.45, 7) is 6.42. The zero-order valence-electron chi connectivity index (χ0n) is 14.1. The molecule has 0 aliphatic rings. The van der Waals surface area contributed by atoms with E-state index in [4.69, 9.17) is 10.5 Å². The molecular formula is C17H27N3O3. The third-order valence-corrected chi connectivity index (χ3v) is 2.94. The van der Waals surface area contributed by atoms with E-state index in [0.717, 1.165) is 5.56 Å². The number of aryl methyl sites for hydroxylation is 1. The lowest BCUT2D eigenvalue weighted by Crippen LogP contribution is -2.34. The minimum absolute atomic E-state index is 0.00954. The first-order valence-electron chi connectivity index (χ1n) is 7.84. The lowest BCUT2D eigenvalue weighted by molar-refractivity contribution is -0.121. The van der Waals surface area contributed by atoms with Gasteiger partial charge < -0.3 is 21.1 Å². The Morgan fingerprint density at radius 3 is 2.52 bits per heavy atom. The summed E-state index contributed by atoms with van der Waals surface area (Å²) in [4.78, 5) is 23.1. The minimum atomic E-state index is -0.501. The minimum Gasteiger partial charge on any atom is -0.444 e. The Balaban J connectivity index is 2.09. The molecule has 0 bridgehead atoms. The Bertz CT molecular complexity index is 524. The van der Waals surface area contributed by atoms with E-state index in [2.05, 4.69) is 10.6 Å². The number of hydrogen-bond acceptors (Lipinski definition) is 4. The molecule has 0 unspecified atom stereocenters. The summed E-state index contributed by atoms with van der Waals surface area (Å²) in [6, 6.07) is 7.53. The van der Waals surface area contributed by atoms with E-state index in [1.807, 2.05) is 45.0 Å². The van der Waals surface area contributed by atoms with E-state index >= 15 is 0 Å². The summed E-state index contributed by atoms with van der Waals surface area (Å²) in [5, 5.41) is 5.48. The van der Waals surface area contributed by atoms with Gasteiger partial charge in [-0.05, 0) is 51.3 Å². The molecule has 6 nitrogen and oxygen atoms in total. The van der Waals surface area contributed by atoms with E-state index in [0.29, 0.717) is 38.0 Å². The third kappa shape index (κ3) is 9.39. The molecule has 0 atom stereocenters. The average molecular weight is 321 g/mol. The van der Waals surface area contributed by atoms with Crippen LogP contribution in [0.15, 0.2) is 24.3 Å². The van der Waals surface area contributed by atoms with Crippen LogP contribution in [0.2, 0.25) is 0 Å². The van der Waals surface area contributed by atoms with Crippen molar-refractivity contribution in [3.05, 3.63) is 29.8 Å². The molecule has 0 fully saturated rings. The van der Waals surface area contributed by atoms with Crippen LogP contribution in [0.1, 0.15) is 39.2 Å². The molecule has 0 saturated heterocycles. The maximum absolute atomic E-state index is 11.7. The van der Waals surface area contributed by atoms with Crippen LogP contribution in [0.4, 0.5) is 10.5 Å². The van der Waals surface area contributed by atoms with E-state index in [1.54, 1.807) is 0 Å². The molecular weight excluding hydrogens is 294 g/mol. The number of carbonyl (C=O) groups excluding carboxylic acids is 2. The maximum atomic E-state index is 11.7. The first kappa shape index (κ1) is 18.8. The van der Waals surface area contributed by atoms with Crippen molar-refractivity contribution in [2.45, 2.75) is 45.6 Å². The van der Waals surface area contributed by atoms with Crippen molar-refractivity contribution in [1.29, 1.82) is 0 Å². The molecule has 128 valence electrons. The number of amides is 2. The summed E-state index contributed by atoms with van der Waals surface area (Å²) in [7, 11) is 0. The fourth-order valence-corrected chi connectivity index (χ4v) is 1.92. The van der Waals surface area contributed by atoms with E-state index < -0.39 is 11.7 Å². The van der Waals surface area contributed by atoms with Gasteiger partial charge in [-0.1, -0.05) is 12.1 Å². The van der Waals surface area contributed by atoms with Gasteiger partial charge in [0.05, 0.1) is 0 Å². The van der Waals surface area contributed by atoms with Crippen molar-refractivity contribution in [3.63, 3.8) is 0 Å². The van der Waals surface area contributed by atoms with Crippen molar-refractivity contribution in [3.8, 4) is 0 Å². The number of nitrogens with two attached hydrogens (primary N) is 1. The predicted molar refractivity (Wildman–Crippen MR) is 91.0 cm³/mol. The molecule has 0 aliphatic carbocycles. The van der Waals surface area contributed by atoms with Crippen LogP contribution < -0.4 is 16.4 Å². The number of hydrogen-bond donors (Lipinski definition) is 3. The zero-order valence-corrected chi connectivity index (χ0v) is 14.1. The molecule has 1 aromatic rings. The molecule has 1 rings (SSSR count). The average Bonchev–Trinajstić information content (AvgIpc) is 2.43. The lowest BCUT2D eigenvalue weighted by Gasteiger charge is -2.19. The number of nitrogen functional groups attached to an aromatic ring is 1. The second kappa shape index (κ2) is 9.02. The smallest absolute Gasteiger partial charge is 0.407 e. The van der Waals surface area contributed by atoms with Gasteiger partial charge in [0.2, 0.25) is 5.91 Å². The van der Waals surface area contributed by atoms with Gasteiger partial charge in [-0.2, -0.15) is 0 Å². The quantitative estimate of drug-likeness (QED) is 0.530. The van der Waals surface area contributed by atoms with Crippen molar-refractivity contribution in [2.24, 2.45) is 0 Å². The topological polar surface area (TPSA) is 93.5 Å².